The molecule has 0 spiro atoms. The summed E-state index contributed by atoms with van der Waals surface area (Å²) >= 11 is 0. The summed E-state index contributed by atoms with van der Waals surface area (Å²) in [5.41, 5.74) is 7.82. The maximum atomic E-state index is 5.80. The fourth-order valence-electron chi connectivity index (χ4n) is 1.55. The van der Waals surface area contributed by atoms with Crippen LogP contribution in [0.25, 0.3) is 22.8 Å². The van der Waals surface area contributed by atoms with Gasteiger partial charge >= 0.3 is 0 Å². The second kappa shape index (κ2) is 4.25. The van der Waals surface area contributed by atoms with Crippen molar-refractivity contribution in [3.63, 3.8) is 0 Å². The first-order chi connectivity index (χ1) is 8.84. The van der Waals surface area contributed by atoms with Crippen LogP contribution in [0.5, 0.6) is 0 Å². The van der Waals surface area contributed by atoms with E-state index in [1.54, 1.807) is 30.9 Å². The van der Waals surface area contributed by atoms with Gasteiger partial charge in [0.2, 0.25) is 5.82 Å². The molecule has 0 amide bonds. The molecule has 88 valence electrons. The zero-order chi connectivity index (χ0) is 12.4. The summed E-state index contributed by atoms with van der Waals surface area (Å²) in [6, 6.07) is 5.36. The smallest absolute Gasteiger partial charge is 0.260 e. The van der Waals surface area contributed by atoms with E-state index in [0.29, 0.717) is 23.0 Å². The van der Waals surface area contributed by atoms with Crippen LogP contribution in [0.15, 0.2) is 47.5 Å². The summed E-state index contributed by atoms with van der Waals surface area (Å²) in [6.07, 6.45) is 6.52. The van der Waals surface area contributed by atoms with Gasteiger partial charge in [0.15, 0.2) is 0 Å². The summed E-state index contributed by atoms with van der Waals surface area (Å²) in [5.74, 6) is 0.880. The zero-order valence-corrected chi connectivity index (χ0v) is 9.32. The molecule has 0 saturated carbocycles. The Bertz CT molecular complexity index is 665. The molecule has 0 unspecified atom stereocenters. The molecule has 0 atom stereocenters. The molecule has 0 saturated heterocycles. The monoisotopic (exact) mass is 239 g/mol. The van der Waals surface area contributed by atoms with Crippen LogP contribution >= 0.6 is 0 Å². The largest absolute Gasteiger partial charge is 0.397 e. The number of anilines is 1. The number of rotatable bonds is 2. The number of hydrogen-bond acceptors (Lipinski definition) is 6. The number of nitrogens with two attached hydrogens (primary N) is 1. The van der Waals surface area contributed by atoms with Crippen LogP contribution in [0.4, 0.5) is 5.69 Å². The molecule has 0 aliphatic rings. The normalized spacial score (nSPS) is 10.4. The average molecular weight is 239 g/mol. The summed E-state index contributed by atoms with van der Waals surface area (Å²) in [5, 5.41) is 3.91. The number of nitrogens with zero attached hydrogens (tertiary/aromatic N) is 4. The van der Waals surface area contributed by atoms with E-state index in [9.17, 15) is 0 Å². The molecule has 18 heavy (non-hydrogen) atoms. The average Bonchev–Trinajstić information content (AvgIpc) is 2.90. The van der Waals surface area contributed by atoms with Crippen molar-refractivity contribution in [1.29, 1.82) is 0 Å². The van der Waals surface area contributed by atoms with Crippen LogP contribution in [-0.4, -0.2) is 20.1 Å². The van der Waals surface area contributed by atoms with Gasteiger partial charge in [-0.15, -0.1) is 0 Å². The second-order valence-electron chi connectivity index (χ2n) is 3.62. The molecule has 0 fully saturated rings. The first-order valence-corrected chi connectivity index (χ1v) is 5.28. The zero-order valence-electron chi connectivity index (χ0n) is 9.32. The SMILES string of the molecule is Nc1cnccc1-c1nc(-c2ccncc2)no1. The molecule has 6 heteroatoms. The van der Waals surface area contributed by atoms with Gasteiger partial charge in [0.05, 0.1) is 17.4 Å². The van der Waals surface area contributed by atoms with E-state index in [2.05, 4.69) is 20.1 Å². The van der Waals surface area contributed by atoms with Crippen molar-refractivity contribution in [2.24, 2.45) is 0 Å². The van der Waals surface area contributed by atoms with E-state index in [0.717, 1.165) is 5.56 Å². The van der Waals surface area contributed by atoms with Crippen molar-refractivity contribution in [2.45, 2.75) is 0 Å². The van der Waals surface area contributed by atoms with Gasteiger partial charge in [0.25, 0.3) is 5.89 Å². The van der Waals surface area contributed by atoms with Crippen molar-refractivity contribution < 1.29 is 4.52 Å². The Balaban J connectivity index is 2.03. The Hall–Kier alpha value is -2.76. The van der Waals surface area contributed by atoms with Crippen molar-refractivity contribution >= 4 is 5.69 Å². The predicted octanol–water partition coefficient (Wildman–Crippen LogP) is 1.78. The van der Waals surface area contributed by atoms with Gasteiger partial charge in [-0.1, -0.05) is 5.16 Å². The van der Waals surface area contributed by atoms with Crippen molar-refractivity contribution in [1.82, 2.24) is 20.1 Å². The molecule has 0 aromatic carbocycles. The predicted molar refractivity (Wildman–Crippen MR) is 65.2 cm³/mol. The van der Waals surface area contributed by atoms with E-state index >= 15 is 0 Å². The summed E-state index contributed by atoms with van der Waals surface area (Å²) in [4.78, 5) is 12.1. The Morgan fingerprint density at radius 1 is 1.00 bits per heavy atom. The Morgan fingerprint density at radius 3 is 2.56 bits per heavy atom. The van der Waals surface area contributed by atoms with E-state index in [-0.39, 0.29) is 0 Å². The number of pyridine rings is 2. The second-order valence-corrected chi connectivity index (χ2v) is 3.62. The van der Waals surface area contributed by atoms with Crippen LogP contribution in [0.1, 0.15) is 0 Å². The molecule has 0 radical (unpaired) electrons. The summed E-state index contributed by atoms with van der Waals surface area (Å²) < 4.78 is 5.20. The number of nitrogen functional groups attached to an aromatic ring is 1. The molecule has 3 aromatic heterocycles. The minimum atomic E-state index is 0.377. The highest BCUT2D eigenvalue weighted by atomic mass is 16.5. The molecule has 2 N–H and O–H groups in total. The highest BCUT2D eigenvalue weighted by molar-refractivity contribution is 5.70. The fourth-order valence-corrected chi connectivity index (χ4v) is 1.55. The van der Waals surface area contributed by atoms with Crippen molar-refractivity contribution in [3.05, 3.63) is 43.0 Å². The van der Waals surface area contributed by atoms with E-state index in [4.69, 9.17) is 10.3 Å². The minimum Gasteiger partial charge on any atom is -0.397 e. The van der Waals surface area contributed by atoms with Gasteiger partial charge in [0.1, 0.15) is 0 Å². The molecule has 0 aliphatic heterocycles. The lowest BCUT2D eigenvalue weighted by atomic mass is 10.2. The van der Waals surface area contributed by atoms with E-state index < -0.39 is 0 Å². The van der Waals surface area contributed by atoms with Gasteiger partial charge in [0, 0.05) is 24.2 Å². The molecular formula is C12H9N5O. The third kappa shape index (κ3) is 1.80. The van der Waals surface area contributed by atoms with Crippen LogP contribution < -0.4 is 5.73 Å². The molecule has 3 rings (SSSR count). The van der Waals surface area contributed by atoms with Crippen molar-refractivity contribution in [2.75, 3.05) is 5.73 Å². The lowest BCUT2D eigenvalue weighted by molar-refractivity contribution is 0.432. The fraction of sp³-hybridized carbons (Fsp3) is 0. The lowest BCUT2D eigenvalue weighted by Crippen LogP contribution is -1.90. The molecule has 3 aromatic rings. The Labute approximate surface area is 103 Å². The van der Waals surface area contributed by atoms with Crippen LogP contribution in [-0.2, 0) is 0 Å². The Kier molecular flexibility index (Phi) is 2.45. The topological polar surface area (TPSA) is 90.7 Å². The molecule has 0 bridgehead atoms. The highest BCUT2D eigenvalue weighted by Gasteiger charge is 2.12. The van der Waals surface area contributed by atoms with Crippen LogP contribution in [0.3, 0.4) is 0 Å². The minimum absolute atomic E-state index is 0.377. The van der Waals surface area contributed by atoms with Crippen LogP contribution in [0, 0.1) is 0 Å². The molecular weight excluding hydrogens is 230 g/mol. The van der Waals surface area contributed by atoms with Gasteiger partial charge in [-0.2, -0.15) is 4.98 Å². The summed E-state index contributed by atoms with van der Waals surface area (Å²) in [7, 11) is 0. The standard InChI is InChI=1S/C12H9N5O/c13-10-7-15-6-3-9(10)12-16-11(17-18-12)8-1-4-14-5-2-8/h1-7H,13H2. The van der Waals surface area contributed by atoms with Crippen molar-refractivity contribution in [3.8, 4) is 22.8 Å². The van der Waals surface area contributed by atoms with Gasteiger partial charge in [-0.25, -0.2) is 0 Å². The Morgan fingerprint density at radius 2 is 1.78 bits per heavy atom. The first-order valence-electron chi connectivity index (χ1n) is 5.28. The van der Waals surface area contributed by atoms with Gasteiger partial charge in [-0.05, 0) is 18.2 Å². The van der Waals surface area contributed by atoms with Gasteiger partial charge in [-0.3, -0.25) is 9.97 Å². The third-order valence-electron chi connectivity index (χ3n) is 2.45. The number of hydrogen-bond donors (Lipinski definition) is 1. The summed E-state index contributed by atoms with van der Waals surface area (Å²) in [6.45, 7) is 0. The quantitative estimate of drug-likeness (QED) is 0.732. The molecule has 6 nitrogen and oxygen atoms in total. The van der Waals surface area contributed by atoms with Gasteiger partial charge < -0.3 is 10.3 Å². The maximum absolute atomic E-state index is 5.80. The molecule has 0 aliphatic carbocycles. The molecule has 3 heterocycles. The number of aromatic nitrogens is 4. The maximum Gasteiger partial charge on any atom is 0.260 e. The van der Waals surface area contributed by atoms with E-state index in [1.165, 1.54) is 0 Å². The highest BCUT2D eigenvalue weighted by Crippen LogP contribution is 2.25. The van der Waals surface area contributed by atoms with E-state index in [1.807, 2.05) is 12.1 Å². The first kappa shape index (κ1) is 10.4. The third-order valence-corrected chi connectivity index (χ3v) is 2.45. The van der Waals surface area contributed by atoms with Crippen LogP contribution in [0.2, 0.25) is 0 Å². The lowest BCUT2D eigenvalue weighted by Gasteiger charge is -1.97.